The number of hydrogen-bond donors (Lipinski definition) is 1. The van der Waals surface area contributed by atoms with Crippen LogP contribution in [0.5, 0.6) is 0 Å². The molecule has 0 fully saturated rings. The number of nitrogens with one attached hydrogen (secondary N) is 1. The van der Waals surface area contributed by atoms with Crippen molar-refractivity contribution in [1.29, 1.82) is 0 Å². The van der Waals surface area contributed by atoms with E-state index in [0.717, 1.165) is 10.5 Å². The molecule has 0 saturated heterocycles. The molecule has 1 atom stereocenters. The van der Waals surface area contributed by atoms with Gasteiger partial charge in [-0.1, -0.05) is 41.4 Å². The topological polar surface area (TPSA) is 41.5 Å². The first-order valence-electron chi connectivity index (χ1n) is 6.86. The van der Waals surface area contributed by atoms with Crippen LogP contribution in [0, 0.1) is 6.92 Å². The van der Waals surface area contributed by atoms with Crippen molar-refractivity contribution in [2.24, 2.45) is 5.10 Å². The van der Waals surface area contributed by atoms with Gasteiger partial charge in [0.1, 0.15) is 0 Å². The molecule has 5 heteroatoms. The van der Waals surface area contributed by atoms with Gasteiger partial charge in [0.2, 0.25) is 0 Å². The summed E-state index contributed by atoms with van der Waals surface area (Å²) in [7, 11) is 0. The van der Waals surface area contributed by atoms with Gasteiger partial charge in [-0.25, -0.2) is 5.43 Å². The Morgan fingerprint density at radius 2 is 1.82 bits per heavy atom. The molecule has 2 aromatic carbocycles. The smallest absolute Gasteiger partial charge is 0.253 e. The number of benzene rings is 2. The van der Waals surface area contributed by atoms with Crippen LogP contribution in [0.15, 0.2) is 58.5 Å². The van der Waals surface area contributed by atoms with Gasteiger partial charge in [0, 0.05) is 9.92 Å². The quantitative estimate of drug-likeness (QED) is 0.504. The fourth-order valence-electron chi connectivity index (χ4n) is 1.68. The van der Waals surface area contributed by atoms with Crippen molar-refractivity contribution in [3.8, 4) is 0 Å². The lowest BCUT2D eigenvalue weighted by Crippen LogP contribution is -2.26. The van der Waals surface area contributed by atoms with Gasteiger partial charge < -0.3 is 0 Å². The van der Waals surface area contributed by atoms with Crippen LogP contribution in [-0.4, -0.2) is 17.4 Å². The highest BCUT2D eigenvalue weighted by molar-refractivity contribution is 8.00. The van der Waals surface area contributed by atoms with Gasteiger partial charge in [-0.05, 0) is 43.7 Å². The SMILES string of the molecule is Cc1ccc(S[C@@H](C)C(=O)N/N=C\c2ccc(Cl)cc2)cc1. The van der Waals surface area contributed by atoms with Crippen LogP contribution in [0.25, 0.3) is 0 Å². The second-order valence-corrected chi connectivity index (χ2v) is 6.71. The third-order valence-corrected chi connectivity index (χ3v) is 4.33. The number of carbonyl (C=O) groups is 1. The van der Waals surface area contributed by atoms with E-state index in [9.17, 15) is 4.79 Å². The largest absolute Gasteiger partial charge is 0.272 e. The van der Waals surface area contributed by atoms with Crippen LogP contribution < -0.4 is 5.43 Å². The molecule has 1 N–H and O–H groups in total. The average molecular weight is 333 g/mol. The van der Waals surface area contributed by atoms with E-state index >= 15 is 0 Å². The third-order valence-electron chi connectivity index (χ3n) is 2.96. The first-order valence-corrected chi connectivity index (χ1v) is 8.12. The Hall–Kier alpha value is -1.78. The highest BCUT2D eigenvalue weighted by Gasteiger charge is 2.13. The number of nitrogens with zero attached hydrogens (tertiary/aromatic N) is 1. The van der Waals surface area contributed by atoms with E-state index in [2.05, 4.69) is 10.5 Å². The van der Waals surface area contributed by atoms with Crippen LogP contribution >= 0.6 is 23.4 Å². The third kappa shape index (κ3) is 5.20. The van der Waals surface area contributed by atoms with E-state index in [1.54, 1.807) is 18.3 Å². The minimum Gasteiger partial charge on any atom is -0.272 e. The maximum Gasteiger partial charge on any atom is 0.253 e. The summed E-state index contributed by atoms with van der Waals surface area (Å²) >= 11 is 7.31. The van der Waals surface area contributed by atoms with E-state index in [-0.39, 0.29) is 11.2 Å². The second-order valence-electron chi connectivity index (χ2n) is 4.86. The van der Waals surface area contributed by atoms with Crippen LogP contribution in [0.3, 0.4) is 0 Å². The number of aryl methyl sites for hydroxylation is 1. The number of carbonyl (C=O) groups excluding carboxylic acids is 1. The van der Waals surface area contributed by atoms with Crippen molar-refractivity contribution in [2.75, 3.05) is 0 Å². The molecule has 0 unspecified atom stereocenters. The summed E-state index contributed by atoms with van der Waals surface area (Å²) in [5, 5.41) is 4.42. The van der Waals surface area contributed by atoms with Gasteiger partial charge in [0.25, 0.3) is 5.91 Å². The molecule has 0 aliphatic carbocycles. The van der Waals surface area contributed by atoms with Crippen molar-refractivity contribution in [3.63, 3.8) is 0 Å². The molecule has 0 spiro atoms. The predicted octanol–water partition coefficient (Wildman–Crippen LogP) is 4.28. The Bertz CT molecular complexity index is 653. The molecule has 2 aromatic rings. The first-order chi connectivity index (χ1) is 10.5. The Morgan fingerprint density at radius 3 is 2.45 bits per heavy atom. The fraction of sp³-hybridized carbons (Fsp3) is 0.176. The highest BCUT2D eigenvalue weighted by atomic mass is 35.5. The lowest BCUT2D eigenvalue weighted by atomic mass is 10.2. The normalized spacial score (nSPS) is 12.3. The zero-order valence-corrected chi connectivity index (χ0v) is 14.0. The molecule has 0 saturated carbocycles. The van der Waals surface area contributed by atoms with Crippen molar-refractivity contribution in [3.05, 3.63) is 64.7 Å². The zero-order valence-electron chi connectivity index (χ0n) is 12.4. The highest BCUT2D eigenvalue weighted by Crippen LogP contribution is 2.23. The molecular weight excluding hydrogens is 316 g/mol. The van der Waals surface area contributed by atoms with E-state index in [1.165, 1.54) is 17.3 Å². The molecule has 0 aliphatic heterocycles. The summed E-state index contributed by atoms with van der Waals surface area (Å²) < 4.78 is 0. The van der Waals surface area contributed by atoms with Crippen LogP contribution in [0.4, 0.5) is 0 Å². The molecular formula is C17H17ClN2OS. The number of thioether (sulfide) groups is 1. The van der Waals surface area contributed by atoms with Gasteiger partial charge in [-0.15, -0.1) is 11.8 Å². The molecule has 0 heterocycles. The van der Waals surface area contributed by atoms with Crippen molar-refractivity contribution in [1.82, 2.24) is 5.43 Å². The lowest BCUT2D eigenvalue weighted by Gasteiger charge is -2.09. The summed E-state index contributed by atoms with van der Waals surface area (Å²) in [6.45, 7) is 3.90. The Morgan fingerprint density at radius 1 is 1.18 bits per heavy atom. The van der Waals surface area contributed by atoms with Crippen LogP contribution in [0.1, 0.15) is 18.1 Å². The minimum atomic E-state index is -0.218. The van der Waals surface area contributed by atoms with E-state index in [1.807, 2.05) is 50.2 Å². The predicted molar refractivity (Wildman–Crippen MR) is 93.7 cm³/mol. The molecule has 114 valence electrons. The van der Waals surface area contributed by atoms with Gasteiger partial charge in [-0.3, -0.25) is 4.79 Å². The van der Waals surface area contributed by atoms with E-state index < -0.39 is 0 Å². The van der Waals surface area contributed by atoms with Crippen molar-refractivity contribution in [2.45, 2.75) is 24.0 Å². The molecule has 1 amide bonds. The molecule has 0 aliphatic rings. The first kappa shape index (κ1) is 16.6. The number of hydrogen-bond acceptors (Lipinski definition) is 3. The van der Waals surface area contributed by atoms with Crippen molar-refractivity contribution >= 4 is 35.5 Å². The molecule has 0 bridgehead atoms. The number of amides is 1. The Balaban J connectivity index is 1.85. The van der Waals surface area contributed by atoms with Crippen LogP contribution in [0.2, 0.25) is 5.02 Å². The summed E-state index contributed by atoms with van der Waals surface area (Å²) in [5.41, 5.74) is 4.63. The zero-order chi connectivity index (χ0) is 15.9. The Labute approximate surface area is 139 Å². The monoisotopic (exact) mass is 332 g/mol. The summed E-state index contributed by atoms with van der Waals surface area (Å²) in [5.74, 6) is -0.129. The molecule has 2 rings (SSSR count). The number of halogens is 1. The molecule has 22 heavy (non-hydrogen) atoms. The average Bonchev–Trinajstić information content (AvgIpc) is 2.51. The molecule has 0 radical (unpaired) electrons. The fourth-order valence-corrected chi connectivity index (χ4v) is 2.67. The minimum absolute atomic E-state index is 0.129. The molecule has 0 aromatic heterocycles. The molecule has 3 nitrogen and oxygen atoms in total. The maximum atomic E-state index is 12.0. The summed E-state index contributed by atoms with van der Waals surface area (Å²) in [6.07, 6.45) is 1.59. The number of rotatable bonds is 5. The van der Waals surface area contributed by atoms with Crippen LogP contribution in [-0.2, 0) is 4.79 Å². The van der Waals surface area contributed by atoms with Gasteiger partial charge in [-0.2, -0.15) is 5.10 Å². The van der Waals surface area contributed by atoms with Gasteiger partial charge in [0.05, 0.1) is 11.5 Å². The summed E-state index contributed by atoms with van der Waals surface area (Å²) in [6, 6.07) is 15.3. The lowest BCUT2D eigenvalue weighted by molar-refractivity contribution is -0.120. The standard InChI is InChI=1S/C17H17ClN2OS/c1-12-3-9-16(10-4-12)22-13(2)17(21)20-19-11-14-5-7-15(18)8-6-14/h3-11,13H,1-2H3,(H,20,21)/b19-11-/t13-/m0/s1. The maximum absolute atomic E-state index is 12.0. The van der Waals surface area contributed by atoms with E-state index in [0.29, 0.717) is 5.02 Å². The Kier molecular flexibility index (Phi) is 6.04. The van der Waals surface area contributed by atoms with Gasteiger partial charge >= 0.3 is 0 Å². The van der Waals surface area contributed by atoms with Crippen molar-refractivity contribution < 1.29 is 4.79 Å². The van der Waals surface area contributed by atoms with E-state index in [4.69, 9.17) is 11.6 Å². The number of hydrazone groups is 1. The second kappa shape index (κ2) is 8.01. The van der Waals surface area contributed by atoms with Gasteiger partial charge in [0.15, 0.2) is 0 Å². The summed E-state index contributed by atoms with van der Waals surface area (Å²) in [4.78, 5) is 13.1.